The number of hydrogen-bond acceptors (Lipinski definition) is 7. The Bertz CT molecular complexity index is 1060. The molecule has 0 spiro atoms. The number of ether oxygens (including phenoxy) is 1. The number of piperazine rings is 1. The van der Waals surface area contributed by atoms with E-state index in [-0.39, 0.29) is 28.9 Å². The van der Waals surface area contributed by atoms with E-state index in [1.54, 1.807) is 36.8 Å². The fourth-order valence-electron chi connectivity index (χ4n) is 3.42. The Hall–Kier alpha value is -2.83. The van der Waals surface area contributed by atoms with Gasteiger partial charge in [0.05, 0.1) is 11.9 Å². The number of amides is 2. The van der Waals surface area contributed by atoms with Crippen LogP contribution in [0.2, 0.25) is 0 Å². The molecule has 0 atom stereocenters. The predicted molar refractivity (Wildman–Crippen MR) is 119 cm³/mol. The molecule has 1 aliphatic rings. The minimum atomic E-state index is -4.61. The van der Waals surface area contributed by atoms with E-state index in [1.165, 1.54) is 24.0 Å². The molecule has 3 heterocycles. The summed E-state index contributed by atoms with van der Waals surface area (Å²) in [4.78, 5) is 35.9. The molecule has 186 valence electrons. The summed E-state index contributed by atoms with van der Waals surface area (Å²) in [7, 11) is 0. The number of halogens is 3. The maximum atomic E-state index is 13.4. The van der Waals surface area contributed by atoms with Crippen molar-refractivity contribution in [2.24, 2.45) is 0 Å². The summed E-state index contributed by atoms with van der Waals surface area (Å²) in [6.07, 6.45) is -0.555. The van der Waals surface area contributed by atoms with Gasteiger partial charge in [0.2, 0.25) is 5.91 Å². The number of thioether (sulfide) groups is 1. The Kier molecular flexibility index (Phi) is 7.44. The second-order valence-corrected chi connectivity index (χ2v) is 9.58. The van der Waals surface area contributed by atoms with Crippen molar-refractivity contribution < 1.29 is 27.5 Å². The summed E-state index contributed by atoms with van der Waals surface area (Å²) >= 11 is 1.01. The topological polar surface area (TPSA) is 93.5 Å². The van der Waals surface area contributed by atoms with Gasteiger partial charge in [0.25, 0.3) is 0 Å². The first-order valence-electron chi connectivity index (χ1n) is 10.6. The van der Waals surface area contributed by atoms with E-state index >= 15 is 0 Å². The zero-order valence-electron chi connectivity index (χ0n) is 19.6. The van der Waals surface area contributed by atoms with Crippen LogP contribution in [0.5, 0.6) is 0 Å². The lowest BCUT2D eigenvalue weighted by Crippen LogP contribution is -2.52. The van der Waals surface area contributed by atoms with Crippen LogP contribution in [-0.4, -0.2) is 79.6 Å². The molecule has 2 aromatic rings. The zero-order valence-corrected chi connectivity index (χ0v) is 20.5. The molecular weight excluding hydrogens is 473 g/mol. The maximum Gasteiger partial charge on any atom is 0.433 e. The normalized spacial score (nSPS) is 14.9. The van der Waals surface area contributed by atoms with E-state index in [4.69, 9.17) is 4.74 Å². The average molecular weight is 501 g/mol. The number of carbonyl (C=O) groups excluding carboxylic acids is 2. The van der Waals surface area contributed by atoms with Crippen LogP contribution in [0.25, 0.3) is 11.3 Å². The SMILES string of the molecule is CSc1nc(-c2cnn(CC(=O)N3CCN(C(=O)OC(C)(C)C)CC3)c2)c(C)c(C(F)(F)F)n1. The molecule has 1 aliphatic heterocycles. The molecule has 0 bridgehead atoms. The van der Waals surface area contributed by atoms with Crippen molar-refractivity contribution in [1.29, 1.82) is 0 Å². The highest BCUT2D eigenvalue weighted by Crippen LogP contribution is 2.35. The summed E-state index contributed by atoms with van der Waals surface area (Å²) in [5.41, 5.74) is -1.20. The van der Waals surface area contributed by atoms with Crippen LogP contribution in [0.4, 0.5) is 18.0 Å². The molecule has 1 fully saturated rings. The van der Waals surface area contributed by atoms with Crippen LogP contribution in [0.1, 0.15) is 32.0 Å². The van der Waals surface area contributed by atoms with Crippen molar-refractivity contribution in [1.82, 2.24) is 29.5 Å². The quantitative estimate of drug-likeness (QED) is 0.469. The lowest BCUT2D eigenvalue weighted by Gasteiger charge is -2.35. The van der Waals surface area contributed by atoms with Crippen LogP contribution in [0, 0.1) is 6.92 Å². The summed E-state index contributed by atoms with van der Waals surface area (Å²) in [6, 6.07) is 0. The second kappa shape index (κ2) is 9.80. The molecular formula is C21H27F3N6O3S. The molecule has 0 radical (unpaired) electrons. The molecule has 0 aromatic carbocycles. The number of carbonyl (C=O) groups is 2. The van der Waals surface area contributed by atoms with Crippen molar-refractivity contribution in [2.45, 2.75) is 51.2 Å². The maximum absolute atomic E-state index is 13.4. The van der Waals surface area contributed by atoms with Crippen LogP contribution in [-0.2, 0) is 22.3 Å². The summed E-state index contributed by atoms with van der Waals surface area (Å²) in [6.45, 7) is 8.00. The smallest absolute Gasteiger partial charge is 0.433 e. The number of hydrogen-bond donors (Lipinski definition) is 0. The van der Waals surface area contributed by atoms with Crippen molar-refractivity contribution in [3.8, 4) is 11.3 Å². The van der Waals surface area contributed by atoms with E-state index in [2.05, 4.69) is 15.1 Å². The highest BCUT2D eigenvalue weighted by molar-refractivity contribution is 7.98. The molecule has 34 heavy (non-hydrogen) atoms. The van der Waals surface area contributed by atoms with Crippen LogP contribution in [0.15, 0.2) is 17.6 Å². The van der Waals surface area contributed by atoms with Crippen molar-refractivity contribution in [3.05, 3.63) is 23.7 Å². The molecule has 13 heteroatoms. The first-order valence-corrected chi connectivity index (χ1v) is 11.8. The lowest BCUT2D eigenvalue weighted by atomic mass is 10.1. The van der Waals surface area contributed by atoms with Crippen LogP contribution >= 0.6 is 11.8 Å². The highest BCUT2D eigenvalue weighted by atomic mass is 32.2. The van der Waals surface area contributed by atoms with Crippen molar-refractivity contribution >= 4 is 23.8 Å². The first kappa shape index (κ1) is 25.8. The van der Waals surface area contributed by atoms with Gasteiger partial charge < -0.3 is 14.5 Å². The summed E-state index contributed by atoms with van der Waals surface area (Å²) < 4.78 is 46.9. The van der Waals surface area contributed by atoms with E-state index in [1.807, 2.05) is 0 Å². The zero-order chi connectivity index (χ0) is 25.3. The Morgan fingerprint density at radius 3 is 2.26 bits per heavy atom. The van der Waals surface area contributed by atoms with Gasteiger partial charge in [-0.25, -0.2) is 14.8 Å². The van der Waals surface area contributed by atoms with Crippen LogP contribution in [0.3, 0.4) is 0 Å². The van der Waals surface area contributed by atoms with Gasteiger partial charge in [0.15, 0.2) is 10.9 Å². The molecule has 0 saturated carbocycles. The monoisotopic (exact) mass is 500 g/mol. The van der Waals surface area contributed by atoms with Crippen molar-refractivity contribution in [3.63, 3.8) is 0 Å². The molecule has 0 N–H and O–H groups in total. The summed E-state index contributed by atoms with van der Waals surface area (Å²) in [5.74, 6) is -0.210. The van der Waals surface area contributed by atoms with E-state index in [0.717, 1.165) is 11.8 Å². The van der Waals surface area contributed by atoms with Gasteiger partial charge in [-0.15, -0.1) is 0 Å². The third-order valence-corrected chi connectivity index (χ3v) is 5.61. The molecule has 2 amide bonds. The van der Waals surface area contributed by atoms with E-state index in [9.17, 15) is 22.8 Å². The minimum absolute atomic E-state index is 0.000362. The van der Waals surface area contributed by atoms with Gasteiger partial charge in [0.1, 0.15) is 12.1 Å². The number of rotatable bonds is 4. The molecule has 2 aromatic heterocycles. The Morgan fingerprint density at radius 2 is 1.71 bits per heavy atom. The highest BCUT2D eigenvalue weighted by Gasteiger charge is 2.36. The van der Waals surface area contributed by atoms with Crippen LogP contribution < -0.4 is 0 Å². The van der Waals surface area contributed by atoms with Gasteiger partial charge in [-0.2, -0.15) is 18.3 Å². The predicted octanol–water partition coefficient (Wildman–Crippen LogP) is 3.47. The van der Waals surface area contributed by atoms with Crippen molar-refractivity contribution in [2.75, 3.05) is 32.4 Å². The molecule has 1 saturated heterocycles. The number of aromatic nitrogens is 4. The standard InChI is InChI=1S/C21H27F3N6O3S/c1-13-16(26-18(34-5)27-17(13)21(22,23)24)14-10-25-30(11-14)12-15(31)28-6-8-29(9-7-28)19(32)33-20(2,3)4/h10-11H,6-9,12H2,1-5H3. The second-order valence-electron chi connectivity index (χ2n) is 8.81. The van der Waals surface area contributed by atoms with Gasteiger partial charge in [-0.1, -0.05) is 11.8 Å². The van der Waals surface area contributed by atoms with Gasteiger partial charge in [-0.05, 0) is 34.0 Å². The van der Waals surface area contributed by atoms with E-state index < -0.39 is 23.6 Å². The minimum Gasteiger partial charge on any atom is -0.444 e. The fourth-order valence-corrected chi connectivity index (χ4v) is 3.79. The first-order chi connectivity index (χ1) is 15.8. The average Bonchev–Trinajstić information content (AvgIpc) is 3.20. The van der Waals surface area contributed by atoms with Gasteiger partial charge in [0, 0.05) is 43.5 Å². The van der Waals surface area contributed by atoms with Gasteiger partial charge in [-0.3, -0.25) is 9.48 Å². The Morgan fingerprint density at radius 1 is 1.09 bits per heavy atom. The number of alkyl halides is 3. The van der Waals surface area contributed by atoms with E-state index in [0.29, 0.717) is 31.7 Å². The third kappa shape index (κ3) is 6.19. The summed E-state index contributed by atoms with van der Waals surface area (Å²) in [5, 5.41) is 4.14. The Balaban J connectivity index is 1.67. The number of nitrogens with zero attached hydrogens (tertiary/aromatic N) is 6. The fraction of sp³-hybridized carbons (Fsp3) is 0.571. The lowest BCUT2D eigenvalue weighted by molar-refractivity contribution is -0.142. The Labute approximate surface area is 199 Å². The third-order valence-electron chi connectivity index (χ3n) is 5.06. The van der Waals surface area contributed by atoms with Gasteiger partial charge >= 0.3 is 12.3 Å². The molecule has 3 rings (SSSR count). The largest absolute Gasteiger partial charge is 0.444 e. The molecule has 9 nitrogen and oxygen atoms in total. The molecule has 0 aliphatic carbocycles. The molecule has 0 unspecified atom stereocenters.